The summed E-state index contributed by atoms with van der Waals surface area (Å²) in [6.07, 6.45) is 4.42. The minimum atomic E-state index is -4.64. The van der Waals surface area contributed by atoms with Gasteiger partial charge in [-0.2, -0.15) is 0 Å². The lowest BCUT2D eigenvalue weighted by molar-refractivity contribution is -0.132. The van der Waals surface area contributed by atoms with Gasteiger partial charge in [0.25, 0.3) is 0 Å². The molecule has 0 saturated heterocycles. The molecule has 0 aliphatic carbocycles. The van der Waals surface area contributed by atoms with Gasteiger partial charge in [0, 0.05) is 5.57 Å². The van der Waals surface area contributed by atoms with Gasteiger partial charge < -0.3 is 24.9 Å². The highest BCUT2D eigenvalue weighted by Crippen LogP contribution is 2.25. The van der Waals surface area contributed by atoms with Gasteiger partial charge in [-0.25, -0.2) is 9.36 Å². The number of hydrogen-bond acceptors (Lipinski definition) is 3. The Hall–Kier alpha value is -0.720. The molecule has 0 rings (SSSR count). The van der Waals surface area contributed by atoms with Crippen LogP contribution in [0.2, 0.25) is 0 Å². The van der Waals surface area contributed by atoms with Crippen molar-refractivity contribution in [1.29, 1.82) is 0 Å². The van der Waals surface area contributed by atoms with Crippen LogP contribution < -0.4 is 0 Å². The van der Waals surface area contributed by atoms with E-state index in [4.69, 9.17) is 24.4 Å². The Balaban J connectivity index is 0. The number of carboxylic acids is 1. The van der Waals surface area contributed by atoms with Crippen molar-refractivity contribution in [3.05, 3.63) is 11.1 Å². The molecule has 0 aromatic rings. The first-order valence-electron chi connectivity index (χ1n) is 6.40. The van der Waals surface area contributed by atoms with Gasteiger partial charge >= 0.3 is 13.8 Å². The number of carbonyl (C=O) groups is 1. The molecule has 20 heavy (non-hydrogen) atoms. The van der Waals surface area contributed by atoms with Crippen molar-refractivity contribution in [2.45, 2.75) is 59.0 Å². The molecule has 0 aliphatic heterocycles. The third kappa shape index (κ3) is 15.3. The van der Waals surface area contributed by atoms with E-state index in [1.165, 1.54) is 6.42 Å². The lowest BCUT2D eigenvalue weighted by atomic mass is 9.98. The first kappa shape index (κ1) is 21.6. The van der Waals surface area contributed by atoms with Gasteiger partial charge in [-0.1, -0.05) is 26.2 Å². The average molecular weight is 312 g/mol. The largest absolute Gasteiger partial charge is 0.478 e. The van der Waals surface area contributed by atoms with Gasteiger partial charge in [-0.15, -0.1) is 0 Å². The van der Waals surface area contributed by atoms with E-state index in [-0.39, 0.29) is 0 Å². The molecule has 0 aromatic heterocycles. The zero-order valence-corrected chi connectivity index (χ0v) is 13.0. The van der Waals surface area contributed by atoms with Crippen LogP contribution in [0.4, 0.5) is 0 Å². The molecule has 0 radical (unpaired) electrons. The fourth-order valence-corrected chi connectivity index (χ4v) is 1.59. The predicted molar refractivity (Wildman–Crippen MR) is 75.0 cm³/mol. The van der Waals surface area contributed by atoms with E-state index in [1.54, 1.807) is 13.8 Å². The Labute approximate surface area is 119 Å². The van der Waals surface area contributed by atoms with Crippen molar-refractivity contribution in [3.8, 4) is 0 Å². The van der Waals surface area contributed by atoms with E-state index in [9.17, 15) is 9.90 Å². The summed E-state index contributed by atoms with van der Waals surface area (Å²) in [5.74, 6) is -0.929. The summed E-state index contributed by atoms with van der Waals surface area (Å²) in [5.41, 5.74) is 0.958. The highest BCUT2D eigenvalue weighted by Gasteiger charge is 2.13. The molecule has 0 heterocycles. The summed E-state index contributed by atoms with van der Waals surface area (Å²) in [7, 11) is -4.64. The Bertz CT molecular complexity index is 349. The van der Waals surface area contributed by atoms with Gasteiger partial charge in [0.2, 0.25) is 0 Å². The second-order valence-corrected chi connectivity index (χ2v) is 5.48. The average Bonchev–Trinajstić information content (AvgIpc) is 2.25. The monoisotopic (exact) mass is 312 g/mol. The van der Waals surface area contributed by atoms with Crippen molar-refractivity contribution in [2.24, 2.45) is 0 Å². The second kappa shape index (κ2) is 11.0. The van der Waals surface area contributed by atoms with E-state index >= 15 is 0 Å². The molecule has 0 spiro atoms. The number of hydrogen-bond donors (Lipinski definition) is 5. The normalized spacial score (nSPS) is 13.9. The lowest BCUT2D eigenvalue weighted by Crippen LogP contribution is -2.11. The van der Waals surface area contributed by atoms with E-state index in [2.05, 4.69) is 6.92 Å². The molecular formula is C12H25O7P. The van der Waals surface area contributed by atoms with Gasteiger partial charge in [-0.3, -0.25) is 0 Å². The van der Waals surface area contributed by atoms with Gasteiger partial charge in [0.1, 0.15) is 0 Å². The Kier molecular flexibility index (Phi) is 11.9. The maximum Gasteiger partial charge on any atom is 0.466 e. The molecule has 120 valence electrons. The van der Waals surface area contributed by atoms with Gasteiger partial charge in [0.15, 0.2) is 0 Å². The number of aliphatic hydroxyl groups is 1. The first-order valence-corrected chi connectivity index (χ1v) is 7.96. The number of rotatable bonds is 7. The second-order valence-electron chi connectivity index (χ2n) is 4.46. The standard InChI is InChI=1S/C12H22O3.H3O4P/c1-4-5-6-7-8-11(10(3)13)9(2)12(14)15;1-5(2,3)4/h10,13H,4-8H2,1-3H3,(H,14,15);(H3,1,2,3,4)/b11-9+;. The molecule has 0 fully saturated rings. The lowest BCUT2D eigenvalue weighted by Gasteiger charge is -2.12. The summed E-state index contributed by atoms with van der Waals surface area (Å²) in [6.45, 7) is 5.32. The zero-order valence-electron chi connectivity index (χ0n) is 12.1. The zero-order chi connectivity index (χ0) is 16.3. The number of phosphoric acid groups is 1. The van der Waals surface area contributed by atoms with Crippen molar-refractivity contribution >= 4 is 13.8 Å². The molecule has 1 unspecified atom stereocenters. The van der Waals surface area contributed by atoms with Gasteiger partial charge in [0.05, 0.1) is 6.10 Å². The van der Waals surface area contributed by atoms with E-state index in [1.807, 2.05) is 0 Å². The molecule has 0 saturated carbocycles. The topological polar surface area (TPSA) is 135 Å². The Morgan fingerprint density at radius 1 is 1.15 bits per heavy atom. The third-order valence-electron chi connectivity index (χ3n) is 2.61. The van der Waals surface area contributed by atoms with Crippen LogP contribution in [0.3, 0.4) is 0 Å². The van der Waals surface area contributed by atoms with Crippen LogP contribution in [0, 0.1) is 0 Å². The quantitative estimate of drug-likeness (QED) is 0.275. The maximum atomic E-state index is 10.8. The number of aliphatic hydroxyl groups excluding tert-OH is 1. The minimum Gasteiger partial charge on any atom is -0.478 e. The molecular weight excluding hydrogens is 287 g/mol. The van der Waals surface area contributed by atoms with E-state index in [0.717, 1.165) is 19.3 Å². The van der Waals surface area contributed by atoms with Crippen molar-refractivity contribution < 1.29 is 34.3 Å². The van der Waals surface area contributed by atoms with Crippen LogP contribution in [0.1, 0.15) is 52.9 Å². The minimum absolute atomic E-state index is 0.293. The number of unbranched alkanes of at least 4 members (excludes halogenated alkanes) is 3. The molecule has 0 aliphatic rings. The Morgan fingerprint density at radius 3 is 1.90 bits per heavy atom. The molecule has 0 amide bonds. The first-order chi connectivity index (χ1) is 9.00. The highest BCUT2D eigenvalue weighted by molar-refractivity contribution is 7.45. The number of carboxylic acid groups (broad SMARTS) is 1. The third-order valence-corrected chi connectivity index (χ3v) is 2.61. The van der Waals surface area contributed by atoms with Crippen LogP contribution in [-0.2, 0) is 9.36 Å². The summed E-state index contributed by atoms with van der Waals surface area (Å²) in [4.78, 5) is 32.3. The molecule has 8 heteroatoms. The SMILES string of the molecule is CCCCCC/C(=C(/C)C(=O)O)C(C)O.O=P(O)(O)O. The van der Waals surface area contributed by atoms with Crippen LogP contribution in [0.5, 0.6) is 0 Å². The van der Waals surface area contributed by atoms with E-state index in [0.29, 0.717) is 17.6 Å². The predicted octanol–water partition coefficient (Wildman–Crippen LogP) is 1.81. The highest BCUT2D eigenvalue weighted by atomic mass is 31.2. The van der Waals surface area contributed by atoms with Crippen molar-refractivity contribution in [1.82, 2.24) is 0 Å². The molecule has 1 atom stereocenters. The summed E-state index contributed by atoms with van der Waals surface area (Å²) >= 11 is 0. The molecule has 0 aromatic carbocycles. The van der Waals surface area contributed by atoms with Crippen molar-refractivity contribution in [3.63, 3.8) is 0 Å². The summed E-state index contributed by atoms with van der Waals surface area (Å²) in [6, 6.07) is 0. The summed E-state index contributed by atoms with van der Waals surface area (Å²) < 4.78 is 8.88. The summed E-state index contributed by atoms with van der Waals surface area (Å²) in [5, 5.41) is 18.3. The van der Waals surface area contributed by atoms with Crippen LogP contribution in [-0.4, -0.2) is 37.0 Å². The van der Waals surface area contributed by atoms with Gasteiger partial charge in [-0.05, 0) is 32.3 Å². The molecule has 7 nitrogen and oxygen atoms in total. The van der Waals surface area contributed by atoms with Crippen LogP contribution >= 0.6 is 7.82 Å². The number of aliphatic carboxylic acids is 1. The van der Waals surface area contributed by atoms with Crippen molar-refractivity contribution in [2.75, 3.05) is 0 Å². The van der Waals surface area contributed by atoms with E-state index < -0.39 is 19.9 Å². The maximum absolute atomic E-state index is 10.8. The Morgan fingerprint density at radius 2 is 1.60 bits per heavy atom. The fraction of sp³-hybridized carbons (Fsp3) is 0.750. The fourth-order valence-electron chi connectivity index (χ4n) is 1.59. The molecule has 5 N–H and O–H groups in total. The molecule has 0 bridgehead atoms. The van der Waals surface area contributed by atoms with Crippen LogP contribution in [0.25, 0.3) is 0 Å². The smallest absolute Gasteiger partial charge is 0.466 e. The van der Waals surface area contributed by atoms with Crippen LogP contribution in [0.15, 0.2) is 11.1 Å².